The maximum absolute atomic E-state index is 12.6. The summed E-state index contributed by atoms with van der Waals surface area (Å²) in [4.78, 5) is 27.8. The Morgan fingerprint density at radius 2 is 1.68 bits per heavy atom. The van der Waals surface area contributed by atoms with Crippen molar-refractivity contribution in [1.82, 2.24) is 24.6 Å². The first-order chi connectivity index (χ1) is 20.0. The molecule has 2 aliphatic rings. The molecule has 7 rings (SSSR count). The van der Waals surface area contributed by atoms with E-state index in [1.165, 1.54) is 17.3 Å². The number of pyridine rings is 1. The number of amides is 1. The number of anilines is 2. The first-order valence-corrected chi connectivity index (χ1v) is 14.1. The number of nitrogens with zero attached hydrogens (tertiary/aromatic N) is 6. The lowest BCUT2D eigenvalue weighted by molar-refractivity contribution is -0.114. The van der Waals surface area contributed by atoms with Gasteiger partial charge in [-0.15, -0.1) is 0 Å². The molecule has 3 aromatic heterocycles. The van der Waals surface area contributed by atoms with E-state index in [4.69, 9.17) is 4.98 Å². The monoisotopic (exact) mass is 543 g/mol. The van der Waals surface area contributed by atoms with E-state index in [2.05, 4.69) is 82.0 Å². The van der Waals surface area contributed by atoms with E-state index in [0.29, 0.717) is 6.54 Å². The highest BCUT2D eigenvalue weighted by Gasteiger charge is 2.25. The van der Waals surface area contributed by atoms with Crippen molar-refractivity contribution in [3.05, 3.63) is 85.3 Å². The van der Waals surface area contributed by atoms with Gasteiger partial charge in [0.25, 0.3) is 0 Å². The molecule has 1 N–H and O–H groups in total. The summed E-state index contributed by atoms with van der Waals surface area (Å²) in [5.74, 6) is -0.0694. The van der Waals surface area contributed by atoms with E-state index in [1.54, 1.807) is 4.68 Å². The fourth-order valence-electron chi connectivity index (χ4n) is 6.09. The number of aromatic amines is 1. The summed E-state index contributed by atoms with van der Waals surface area (Å²) in [6.45, 7) is 8.59. The van der Waals surface area contributed by atoms with E-state index < -0.39 is 0 Å². The summed E-state index contributed by atoms with van der Waals surface area (Å²) in [7, 11) is 4.10. The molecule has 0 saturated carbocycles. The van der Waals surface area contributed by atoms with Gasteiger partial charge in [-0.05, 0) is 60.5 Å². The zero-order valence-electron chi connectivity index (χ0n) is 23.5. The van der Waals surface area contributed by atoms with Crippen LogP contribution in [-0.2, 0) is 18.3 Å². The minimum absolute atomic E-state index is 0.0694. The molecule has 41 heavy (non-hydrogen) atoms. The van der Waals surface area contributed by atoms with E-state index in [0.717, 1.165) is 82.8 Å². The summed E-state index contributed by atoms with van der Waals surface area (Å²) < 4.78 is 1.80. The predicted octanol–water partition coefficient (Wildman–Crippen LogP) is 5.12. The van der Waals surface area contributed by atoms with Crippen LogP contribution in [0.4, 0.5) is 11.4 Å². The molecule has 0 radical (unpaired) electrons. The number of benzene rings is 2. The second-order valence-electron chi connectivity index (χ2n) is 11.0. The van der Waals surface area contributed by atoms with Crippen LogP contribution in [0.1, 0.15) is 5.56 Å². The first-order valence-electron chi connectivity index (χ1n) is 14.1. The molecular formula is C33H33N7O. The average molecular weight is 544 g/mol. The Hall–Kier alpha value is -4.69. The van der Waals surface area contributed by atoms with Gasteiger partial charge in [0, 0.05) is 85.6 Å². The van der Waals surface area contributed by atoms with Crippen molar-refractivity contribution in [2.45, 2.75) is 6.42 Å². The Morgan fingerprint density at radius 1 is 0.902 bits per heavy atom. The van der Waals surface area contributed by atoms with Gasteiger partial charge in [0.15, 0.2) is 0 Å². The third kappa shape index (κ3) is 4.50. The molecular weight excluding hydrogens is 510 g/mol. The number of aryl methyl sites for hydroxylation is 1. The number of hydrogen-bond acceptors (Lipinski definition) is 5. The smallest absolute Gasteiger partial charge is 0.250 e. The quantitative estimate of drug-likeness (QED) is 0.312. The zero-order valence-corrected chi connectivity index (χ0v) is 23.5. The topological polar surface area (TPSA) is 73.3 Å². The summed E-state index contributed by atoms with van der Waals surface area (Å²) in [5.41, 5.74) is 10.5. The zero-order chi connectivity index (χ0) is 28.1. The van der Waals surface area contributed by atoms with Gasteiger partial charge in [-0.3, -0.25) is 9.48 Å². The highest BCUT2D eigenvalue weighted by Crippen LogP contribution is 2.42. The van der Waals surface area contributed by atoms with Crippen molar-refractivity contribution >= 4 is 28.3 Å². The minimum Gasteiger partial charge on any atom is -0.369 e. The number of piperazine rings is 1. The first kappa shape index (κ1) is 25.3. The minimum atomic E-state index is -0.0694. The molecule has 0 atom stereocenters. The number of carbonyl (C=O) groups excluding carboxylic acids is 1. The Labute approximate surface area is 239 Å². The summed E-state index contributed by atoms with van der Waals surface area (Å²) in [6.07, 6.45) is 8.00. The number of carbonyl (C=O) groups is 1. The maximum Gasteiger partial charge on any atom is 0.250 e. The van der Waals surface area contributed by atoms with Crippen molar-refractivity contribution in [1.29, 1.82) is 0 Å². The fraction of sp³-hybridized carbons (Fsp3) is 0.242. The molecule has 0 spiro atoms. The molecule has 2 aromatic carbocycles. The third-order valence-corrected chi connectivity index (χ3v) is 8.42. The van der Waals surface area contributed by atoms with Gasteiger partial charge in [0.1, 0.15) is 5.65 Å². The molecule has 8 heteroatoms. The van der Waals surface area contributed by atoms with Gasteiger partial charge < -0.3 is 19.7 Å². The lowest BCUT2D eigenvalue weighted by Crippen LogP contribution is -2.44. The molecule has 1 amide bonds. The lowest BCUT2D eigenvalue weighted by Gasteiger charge is -2.34. The number of aromatic nitrogens is 4. The summed E-state index contributed by atoms with van der Waals surface area (Å²) >= 11 is 0. The number of H-pyrrole nitrogens is 1. The van der Waals surface area contributed by atoms with Crippen molar-refractivity contribution < 1.29 is 4.79 Å². The fourth-order valence-corrected chi connectivity index (χ4v) is 6.09. The summed E-state index contributed by atoms with van der Waals surface area (Å²) in [5, 5.41) is 5.39. The maximum atomic E-state index is 12.6. The molecule has 0 bridgehead atoms. The van der Waals surface area contributed by atoms with Gasteiger partial charge >= 0.3 is 0 Å². The molecule has 1 saturated heterocycles. The number of rotatable bonds is 5. The van der Waals surface area contributed by atoms with Gasteiger partial charge in [-0.2, -0.15) is 5.10 Å². The van der Waals surface area contributed by atoms with Crippen LogP contribution in [0.15, 0.2) is 79.8 Å². The number of hydrogen-bond donors (Lipinski definition) is 1. The van der Waals surface area contributed by atoms with E-state index in [-0.39, 0.29) is 5.91 Å². The van der Waals surface area contributed by atoms with Crippen molar-refractivity contribution in [3.8, 4) is 33.5 Å². The molecule has 0 unspecified atom stereocenters. The van der Waals surface area contributed by atoms with Crippen LogP contribution < -0.4 is 9.80 Å². The number of likely N-dealkylation sites (N-methyl/N-ethyl adjacent to an activating group) is 1. The summed E-state index contributed by atoms with van der Waals surface area (Å²) in [6, 6.07) is 17.5. The van der Waals surface area contributed by atoms with E-state index in [1.807, 2.05) is 30.5 Å². The second kappa shape index (κ2) is 10.1. The van der Waals surface area contributed by atoms with Crippen LogP contribution in [0.5, 0.6) is 0 Å². The largest absolute Gasteiger partial charge is 0.369 e. The van der Waals surface area contributed by atoms with Crippen LogP contribution in [0, 0.1) is 0 Å². The highest BCUT2D eigenvalue weighted by molar-refractivity contribution is 6.06. The Balaban J connectivity index is 1.36. The molecule has 2 aliphatic heterocycles. The Kier molecular flexibility index (Phi) is 6.20. The van der Waals surface area contributed by atoms with Crippen LogP contribution in [0.3, 0.4) is 0 Å². The third-order valence-electron chi connectivity index (χ3n) is 8.42. The van der Waals surface area contributed by atoms with Crippen LogP contribution in [0.2, 0.25) is 0 Å². The van der Waals surface area contributed by atoms with Crippen LogP contribution in [0.25, 0.3) is 44.5 Å². The predicted molar refractivity (Wildman–Crippen MR) is 165 cm³/mol. The van der Waals surface area contributed by atoms with Gasteiger partial charge in [0.2, 0.25) is 5.91 Å². The Morgan fingerprint density at radius 3 is 2.41 bits per heavy atom. The highest BCUT2D eigenvalue weighted by atomic mass is 16.2. The SMILES string of the molecule is C=CC(=O)N1CCc2ccc(-c3c(-c4ccc(N5CCN(C)CC5)cc4)[nH]c4ncc(-c5cnn(C)c5)cc34)cc21. The standard InChI is InChI=1S/C33H33N7O/c1-4-30(41)40-12-11-22-5-6-24(18-29(22)40)31-28-17-25(26-20-35-38(3)21-26)19-34-33(28)36-32(31)23-7-9-27(10-8-23)39-15-13-37(2)14-16-39/h4-10,17-21H,1,11-16H2,2-3H3,(H,34,36). The molecule has 5 aromatic rings. The average Bonchev–Trinajstić information content (AvgIpc) is 3.73. The Bertz CT molecular complexity index is 1770. The number of fused-ring (bicyclic) bond motifs is 2. The van der Waals surface area contributed by atoms with Crippen LogP contribution in [-0.4, -0.2) is 70.3 Å². The van der Waals surface area contributed by atoms with Crippen molar-refractivity contribution in [2.24, 2.45) is 7.05 Å². The molecule has 1 fully saturated rings. The normalized spacial score (nSPS) is 15.5. The van der Waals surface area contributed by atoms with E-state index in [9.17, 15) is 4.79 Å². The number of nitrogens with one attached hydrogen (secondary N) is 1. The van der Waals surface area contributed by atoms with Gasteiger partial charge in [-0.1, -0.05) is 30.8 Å². The lowest BCUT2D eigenvalue weighted by atomic mass is 9.96. The molecule has 0 aliphatic carbocycles. The van der Waals surface area contributed by atoms with E-state index >= 15 is 0 Å². The van der Waals surface area contributed by atoms with Crippen molar-refractivity contribution in [2.75, 3.05) is 49.6 Å². The molecule has 8 nitrogen and oxygen atoms in total. The molecule has 206 valence electrons. The van der Waals surface area contributed by atoms with Crippen molar-refractivity contribution in [3.63, 3.8) is 0 Å². The molecule has 5 heterocycles. The van der Waals surface area contributed by atoms with Crippen LogP contribution >= 0.6 is 0 Å². The van der Waals surface area contributed by atoms with Gasteiger partial charge in [0.05, 0.1) is 11.9 Å². The van der Waals surface area contributed by atoms with Gasteiger partial charge in [-0.25, -0.2) is 4.98 Å². The second-order valence-corrected chi connectivity index (χ2v) is 11.0.